The molecule has 208 valence electrons. The summed E-state index contributed by atoms with van der Waals surface area (Å²) in [4.78, 5) is 31.8. The Labute approximate surface area is 228 Å². The fourth-order valence-electron chi connectivity index (χ4n) is 4.77. The van der Waals surface area contributed by atoms with Crippen LogP contribution in [0, 0.1) is 41.5 Å². The highest BCUT2D eigenvalue weighted by molar-refractivity contribution is 5.25. The number of rotatable bonds is 12. The van der Waals surface area contributed by atoms with Crippen LogP contribution >= 0.6 is 0 Å². The van der Waals surface area contributed by atoms with Gasteiger partial charge in [-0.3, -0.25) is 0 Å². The molecule has 8 heteroatoms. The Hall–Kier alpha value is -3.16. The number of nitrogens with zero attached hydrogens (tertiary/aromatic N) is 4. The van der Waals surface area contributed by atoms with E-state index in [2.05, 4.69) is 57.6 Å². The lowest BCUT2D eigenvalue weighted by atomic mass is 10.2. The van der Waals surface area contributed by atoms with Crippen LogP contribution in [0.5, 0.6) is 0 Å². The second-order valence-corrected chi connectivity index (χ2v) is 10.6. The summed E-state index contributed by atoms with van der Waals surface area (Å²) in [6.45, 7) is 16.7. The van der Waals surface area contributed by atoms with Crippen LogP contribution in [0.25, 0.3) is 0 Å². The summed E-state index contributed by atoms with van der Waals surface area (Å²) in [7, 11) is 0. The molecule has 0 aliphatic carbocycles. The lowest BCUT2D eigenvalue weighted by Gasteiger charge is -1.97. The molecule has 0 radical (unpaired) electrons. The molecule has 0 amide bonds. The van der Waals surface area contributed by atoms with Crippen molar-refractivity contribution in [3.8, 4) is 0 Å². The van der Waals surface area contributed by atoms with Crippen LogP contribution in [0.1, 0.15) is 121 Å². The number of hydrogen-bond donors (Lipinski definition) is 4. The highest BCUT2D eigenvalue weighted by Gasteiger charge is 2.13. The van der Waals surface area contributed by atoms with Crippen molar-refractivity contribution in [3.63, 3.8) is 0 Å². The summed E-state index contributed by atoms with van der Waals surface area (Å²) in [6, 6.07) is 0. The maximum absolute atomic E-state index is 4.79. The van der Waals surface area contributed by atoms with Gasteiger partial charge in [-0.15, -0.1) is 0 Å². The molecule has 0 fully saturated rings. The van der Waals surface area contributed by atoms with Crippen LogP contribution in [0.2, 0.25) is 0 Å². The van der Waals surface area contributed by atoms with Crippen molar-refractivity contribution in [2.75, 3.05) is 0 Å². The van der Waals surface area contributed by atoms with Gasteiger partial charge in [0.05, 0.1) is 22.8 Å². The van der Waals surface area contributed by atoms with Gasteiger partial charge in [-0.05, 0) is 54.4 Å². The largest absolute Gasteiger partial charge is 0.346 e. The fraction of sp³-hybridized carbons (Fsp3) is 0.600. The number of aromatic amines is 4. The number of unbranched alkanes of at least 4 members (excludes halogenated alkanes) is 4. The molecule has 4 N–H and O–H groups in total. The molecule has 4 rings (SSSR count). The van der Waals surface area contributed by atoms with Gasteiger partial charge < -0.3 is 19.9 Å². The molecule has 4 heterocycles. The molecule has 0 saturated heterocycles. The van der Waals surface area contributed by atoms with E-state index in [1.165, 1.54) is 49.9 Å². The van der Waals surface area contributed by atoms with E-state index in [-0.39, 0.29) is 0 Å². The maximum atomic E-state index is 4.79. The number of aromatic nitrogens is 8. The Balaban J connectivity index is 0.000000230. The van der Waals surface area contributed by atoms with Crippen LogP contribution < -0.4 is 0 Å². The van der Waals surface area contributed by atoms with Gasteiger partial charge >= 0.3 is 0 Å². The second-order valence-electron chi connectivity index (χ2n) is 10.6. The molecular formula is C30H48N8. The van der Waals surface area contributed by atoms with Crippen molar-refractivity contribution < 1.29 is 0 Å². The molecule has 0 atom stereocenters. The van der Waals surface area contributed by atoms with Gasteiger partial charge in [0.1, 0.15) is 23.3 Å². The minimum absolute atomic E-state index is 0.798. The third-order valence-corrected chi connectivity index (χ3v) is 6.98. The van der Waals surface area contributed by atoms with Crippen LogP contribution in [0.3, 0.4) is 0 Å². The SMILES string of the molecule is CCCCCc1nc(Cc2nc(CCCCC)[nH]c2C)c(C)[nH]1.Cc1nc(Cc2nc(C)[nH]c2C)c(C)[nH]1. The van der Waals surface area contributed by atoms with Gasteiger partial charge in [-0.2, -0.15) is 0 Å². The van der Waals surface area contributed by atoms with Gasteiger partial charge in [0.15, 0.2) is 0 Å². The lowest BCUT2D eigenvalue weighted by molar-refractivity contribution is 0.696. The fourth-order valence-corrected chi connectivity index (χ4v) is 4.77. The summed E-state index contributed by atoms with van der Waals surface area (Å²) < 4.78 is 0. The quantitative estimate of drug-likeness (QED) is 0.154. The first kappa shape index (κ1) is 29.4. The summed E-state index contributed by atoms with van der Waals surface area (Å²) in [6.07, 6.45) is 11.2. The molecule has 0 aliphatic rings. The number of hydrogen-bond acceptors (Lipinski definition) is 4. The second kappa shape index (κ2) is 14.1. The van der Waals surface area contributed by atoms with Crippen molar-refractivity contribution in [2.45, 2.75) is 120 Å². The minimum atomic E-state index is 0.798. The van der Waals surface area contributed by atoms with Gasteiger partial charge in [0.2, 0.25) is 0 Å². The summed E-state index contributed by atoms with van der Waals surface area (Å²) in [5.74, 6) is 4.18. The van der Waals surface area contributed by atoms with E-state index >= 15 is 0 Å². The summed E-state index contributed by atoms with van der Waals surface area (Å²) in [5.41, 5.74) is 9.10. The maximum Gasteiger partial charge on any atom is 0.106 e. The van der Waals surface area contributed by atoms with Crippen molar-refractivity contribution in [1.82, 2.24) is 39.9 Å². The Kier molecular flexibility index (Phi) is 10.9. The molecule has 4 aromatic rings. The molecular weight excluding hydrogens is 472 g/mol. The first-order valence-corrected chi connectivity index (χ1v) is 14.3. The number of nitrogens with one attached hydrogen (secondary N) is 4. The lowest BCUT2D eigenvalue weighted by Crippen LogP contribution is -1.95. The first-order valence-electron chi connectivity index (χ1n) is 14.3. The molecule has 0 bridgehead atoms. The van der Waals surface area contributed by atoms with E-state index in [0.717, 1.165) is 83.1 Å². The molecule has 0 unspecified atom stereocenters. The third-order valence-electron chi connectivity index (χ3n) is 6.98. The minimum Gasteiger partial charge on any atom is -0.346 e. The number of aryl methyl sites for hydroxylation is 8. The zero-order valence-corrected chi connectivity index (χ0v) is 24.9. The van der Waals surface area contributed by atoms with Crippen LogP contribution in [-0.2, 0) is 25.7 Å². The predicted octanol–water partition coefficient (Wildman–Crippen LogP) is 6.76. The van der Waals surface area contributed by atoms with Gasteiger partial charge in [0, 0.05) is 48.5 Å². The van der Waals surface area contributed by atoms with Crippen molar-refractivity contribution in [3.05, 3.63) is 68.8 Å². The van der Waals surface area contributed by atoms with E-state index < -0.39 is 0 Å². The Morgan fingerprint density at radius 3 is 1.11 bits per heavy atom. The van der Waals surface area contributed by atoms with E-state index in [1.54, 1.807) is 0 Å². The van der Waals surface area contributed by atoms with E-state index in [1.807, 2.05) is 27.7 Å². The summed E-state index contributed by atoms with van der Waals surface area (Å²) >= 11 is 0. The van der Waals surface area contributed by atoms with Gasteiger partial charge in [0.25, 0.3) is 0 Å². The number of H-pyrrole nitrogens is 4. The predicted molar refractivity (Wildman–Crippen MR) is 155 cm³/mol. The zero-order chi connectivity index (χ0) is 27.7. The Morgan fingerprint density at radius 2 is 0.789 bits per heavy atom. The van der Waals surface area contributed by atoms with Gasteiger partial charge in [-0.25, -0.2) is 19.9 Å². The molecule has 38 heavy (non-hydrogen) atoms. The average Bonchev–Trinajstić information content (AvgIpc) is 3.57. The zero-order valence-electron chi connectivity index (χ0n) is 24.9. The van der Waals surface area contributed by atoms with Crippen molar-refractivity contribution in [1.29, 1.82) is 0 Å². The summed E-state index contributed by atoms with van der Waals surface area (Å²) in [5, 5.41) is 0. The molecule has 0 aromatic carbocycles. The van der Waals surface area contributed by atoms with Crippen LogP contribution in [0.15, 0.2) is 0 Å². The monoisotopic (exact) mass is 520 g/mol. The van der Waals surface area contributed by atoms with Crippen molar-refractivity contribution in [2.24, 2.45) is 0 Å². The molecule has 8 nitrogen and oxygen atoms in total. The first-order chi connectivity index (χ1) is 18.2. The number of imidazole rings is 4. The molecule has 4 aromatic heterocycles. The van der Waals surface area contributed by atoms with E-state index in [9.17, 15) is 0 Å². The standard InChI is InChI=1S/C19H32N4.C11H16N4/c1-5-7-9-11-18-20-14(3)16(22-18)13-17-15(4)21-19(23-17)12-10-8-6-2;1-6-10(14-8(3)12-6)5-11-7(2)13-9(4)15-11/h5-13H2,1-4H3,(H,20,22)(H,21,23);5H2,1-4H3,(H,12,14)(H,13,15). The smallest absolute Gasteiger partial charge is 0.106 e. The van der Waals surface area contributed by atoms with Crippen molar-refractivity contribution >= 4 is 0 Å². The molecule has 0 aliphatic heterocycles. The highest BCUT2D eigenvalue weighted by atomic mass is 15.0. The van der Waals surface area contributed by atoms with E-state index in [0.29, 0.717) is 0 Å². The highest BCUT2D eigenvalue weighted by Crippen LogP contribution is 2.16. The Morgan fingerprint density at radius 1 is 0.447 bits per heavy atom. The van der Waals surface area contributed by atoms with E-state index in [4.69, 9.17) is 9.97 Å². The average molecular weight is 521 g/mol. The topological polar surface area (TPSA) is 115 Å². The molecule has 0 spiro atoms. The van der Waals surface area contributed by atoms with Crippen LogP contribution in [0.4, 0.5) is 0 Å². The van der Waals surface area contributed by atoms with Crippen LogP contribution in [-0.4, -0.2) is 39.9 Å². The third kappa shape index (κ3) is 8.43. The molecule has 0 saturated carbocycles. The van der Waals surface area contributed by atoms with Gasteiger partial charge in [-0.1, -0.05) is 39.5 Å². The Bertz CT molecular complexity index is 1170. The normalized spacial score (nSPS) is 11.2.